The Bertz CT molecular complexity index is 530. The fraction of sp³-hybridized carbons (Fsp3) is 0.400. The van der Waals surface area contributed by atoms with Crippen molar-refractivity contribution in [2.45, 2.75) is 52.9 Å². The van der Waals surface area contributed by atoms with Crippen molar-refractivity contribution in [2.24, 2.45) is 0 Å². The lowest BCUT2D eigenvalue weighted by atomic mass is 9.73. The highest BCUT2D eigenvalue weighted by atomic mass is 19.4. The molecule has 0 aliphatic heterocycles. The van der Waals surface area contributed by atoms with E-state index >= 15 is 0 Å². The minimum atomic E-state index is -5.52. The summed E-state index contributed by atoms with van der Waals surface area (Å²) in [5, 5.41) is 0. The van der Waals surface area contributed by atoms with E-state index in [2.05, 4.69) is 0 Å². The second-order valence-corrected chi connectivity index (χ2v) is 4.48. The Balaban J connectivity index is 0. The van der Waals surface area contributed by atoms with Gasteiger partial charge in [0.25, 0.3) is 0 Å². The zero-order valence-electron chi connectivity index (χ0n) is 14.5. The zero-order chi connectivity index (χ0) is 19.7. The van der Waals surface area contributed by atoms with Crippen LogP contribution in [-0.2, 0) is 5.41 Å². The highest BCUT2D eigenvalue weighted by molar-refractivity contribution is 5.43. The highest BCUT2D eigenvalue weighted by Gasteiger charge is 2.72. The third kappa shape index (κ3) is 5.02. The molecule has 0 nitrogen and oxygen atoms in total. The number of hydrogen-bond donors (Lipinski definition) is 0. The van der Waals surface area contributed by atoms with Crippen LogP contribution >= 0.6 is 0 Å². The van der Waals surface area contributed by atoms with E-state index in [9.17, 15) is 26.3 Å². The Morgan fingerprint density at radius 2 is 0.731 bits per heavy atom. The lowest BCUT2D eigenvalue weighted by Gasteiger charge is -2.38. The molecule has 6 heteroatoms. The monoisotopic (exact) mass is 380 g/mol. The SMILES string of the molecule is C.CC.CC.FC(F)(F)C(c1ccccc1)(c1ccccc1)C(F)(F)F. The Morgan fingerprint density at radius 3 is 0.923 bits per heavy atom. The first kappa shape index (κ1) is 26.3. The predicted molar refractivity (Wildman–Crippen MR) is 95.2 cm³/mol. The third-order valence-corrected chi connectivity index (χ3v) is 3.26. The number of hydrogen-bond acceptors (Lipinski definition) is 0. The Labute approximate surface area is 151 Å². The fourth-order valence-corrected chi connectivity index (χ4v) is 2.36. The van der Waals surface area contributed by atoms with E-state index in [-0.39, 0.29) is 7.43 Å². The van der Waals surface area contributed by atoms with E-state index in [1.165, 1.54) is 12.1 Å². The topological polar surface area (TPSA) is 0 Å². The standard InChI is InChI=1S/C15H10F6.2C2H6.CH4/c16-14(17,18)13(15(19,20)21,11-7-3-1-4-8-11)12-9-5-2-6-10-12;2*1-2;/h1-10H;2*1-2H3;1H4. The molecule has 0 amide bonds. The summed E-state index contributed by atoms with van der Waals surface area (Å²) in [5.41, 5.74) is -5.74. The highest BCUT2D eigenvalue weighted by Crippen LogP contribution is 2.55. The summed E-state index contributed by atoms with van der Waals surface area (Å²) in [6, 6.07) is 10.7. The molecule has 0 radical (unpaired) electrons. The summed E-state index contributed by atoms with van der Waals surface area (Å²) in [7, 11) is 0. The Hall–Kier alpha value is -1.98. The van der Waals surface area contributed by atoms with Crippen molar-refractivity contribution in [2.75, 3.05) is 0 Å². The smallest absolute Gasteiger partial charge is 0.169 e. The van der Waals surface area contributed by atoms with Crippen molar-refractivity contribution < 1.29 is 26.3 Å². The maximum atomic E-state index is 13.5. The second-order valence-electron chi connectivity index (χ2n) is 4.48. The van der Waals surface area contributed by atoms with Gasteiger partial charge in [0, 0.05) is 0 Å². The molecule has 0 atom stereocenters. The van der Waals surface area contributed by atoms with Gasteiger partial charge in [0.15, 0.2) is 0 Å². The van der Waals surface area contributed by atoms with Gasteiger partial charge in [-0.05, 0) is 11.1 Å². The van der Waals surface area contributed by atoms with Gasteiger partial charge in [-0.25, -0.2) is 0 Å². The fourth-order valence-electron chi connectivity index (χ4n) is 2.36. The summed E-state index contributed by atoms with van der Waals surface area (Å²) >= 11 is 0. The van der Waals surface area contributed by atoms with Crippen LogP contribution in [0.25, 0.3) is 0 Å². The Kier molecular flexibility index (Phi) is 11.0. The minimum Gasteiger partial charge on any atom is -0.169 e. The number of rotatable bonds is 2. The molecule has 0 saturated carbocycles. The van der Waals surface area contributed by atoms with E-state index in [4.69, 9.17) is 0 Å². The van der Waals surface area contributed by atoms with Crippen LogP contribution in [0.15, 0.2) is 60.7 Å². The van der Waals surface area contributed by atoms with Crippen LogP contribution < -0.4 is 0 Å². The number of halogens is 6. The van der Waals surface area contributed by atoms with Crippen LogP contribution in [0.4, 0.5) is 26.3 Å². The van der Waals surface area contributed by atoms with E-state index < -0.39 is 28.9 Å². The predicted octanol–water partition coefficient (Wildman–Crippen LogP) is 7.79. The molecule has 0 aliphatic carbocycles. The lowest BCUT2D eigenvalue weighted by molar-refractivity contribution is -0.288. The maximum absolute atomic E-state index is 13.5. The van der Waals surface area contributed by atoms with Gasteiger partial charge < -0.3 is 0 Å². The molecule has 0 bridgehead atoms. The molecule has 0 unspecified atom stereocenters. The first-order chi connectivity index (χ1) is 11.7. The number of benzene rings is 2. The van der Waals surface area contributed by atoms with Crippen LogP contribution in [0.1, 0.15) is 46.2 Å². The average molecular weight is 380 g/mol. The third-order valence-electron chi connectivity index (χ3n) is 3.26. The summed E-state index contributed by atoms with van der Waals surface area (Å²) in [5.74, 6) is 0. The molecule has 2 aromatic rings. The van der Waals surface area contributed by atoms with Gasteiger partial charge in [-0.15, -0.1) is 0 Å². The van der Waals surface area contributed by atoms with Gasteiger partial charge in [-0.2, -0.15) is 26.3 Å². The van der Waals surface area contributed by atoms with Crippen molar-refractivity contribution in [3.8, 4) is 0 Å². The summed E-state index contributed by atoms with van der Waals surface area (Å²) < 4.78 is 81.1. The van der Waals surface area contributed by atoms with Crippen LogP contribution in [0.2, 0.25) is 0 Å². The van der Waals surface area contributed by atoms with E-state index in [1.807, 2.05) is 27.7 Å². The van der Waals surface area contributed by atoms with Crippen LogP contribution in [0, 0.1) is 0 Å². The zero-order valence-corrected chi connectivity index (χ0v) is 14.5. The molecule has 0 aromatic heterocycles. The second kappa shape index (κ2) is 10.9. The molecular weight excluding hydrogens is 354 g/mol. The molecule has 0 N–H and O–H groups in total. The molecule has 2 rings (SSSR count). The summed E-state index contributed by atoms with van der Waals surface area (Å²) in [6.45, 7) is 8.00. The van der Waals surface area contributed by atoms with Crippen molar-refractivity contribution in [3.05, 3.63) is 71.8 Å². The summed E-state index contributed by atoms with van der Waals surface area (Å²) in [6.07, 6.45) is -11.0. The van der Waals surface area contributed by atoms with Crippen LogP contribution in [0.5, 0.6) is 0 Å². The molecule has 0 aliphatic rings. The minimum absolute atomic E-state index is 0. The average Bonchev–Trinajstić information content (AvgIpc) is 2.58. The molecule has 148 valence electrons. The molecule has 26 heavy (non-hydrogen) atoms. The van der Waals surface area contributed by atoms with E-state index in [1.54, 1.807) is 0 Å². The van der Waals surface area contributed by atoms with Gasteiger partial charge >= 0.3 is 12.4 Å². The maximum Gasteiger partial charge on any atom is 0.411 e. The van der Waals surface area contributed by atoms with Gasteiger partial charge in [0.2, 0.25) is 5.41 Å². The van der Waals surface area contributed by atoms with Gasteiger partial charge in [0.1, 0.15) is 0 Å². The normalized spacial score (nSPS) is 11.2. The van der Waals surface area contributed by atoms with Gasteiger partial charge in [-0.3, -0.25) is 0 Å². The summed E-state index contributed by atoms with van der Waals surface area (Å²) in [4.78, 5) is 0. The molecular formula is C20H26F6. The van der Waals surface area contributed by atoms with E-state index in [0.717, 1.165) is 48.5 Å². The van der Waals surface area contributed by atoms with Crippen LogP contribution in [-0.4, -0.2) is 12.4 Å². The van der Waals surface area contributed by atoms with Crippen molar-refractivity contribution in [3.63, 3.8) is 0 Å². The van der Waals surface area contributed by atoms with Gasteiger partial charge in [-0.1, -0.05) is 95.8 Å². The molecule has 2 aromatic carbocycles. The molecule has 0 spiro atoms. The molecule has 0 fully saturated rings. The molecule has 0 saturated heterocycles. The number of alkyl halides is 6. The first-order valence-electron chi connectivity index (χ1n) is 7.96. The lowest BCUT2D eigenvalue weighted by Crippen LogP contribution is -2.54. The molecule has 0 heterocycles. The Morgan fingerprint density at radius 1 is 0.500 bits per heavy atom. The van der Waals surface area contributed by atoms with Crippen molar-refractivity contribution >= 4 is 0 Å². The quantitative estimate of drug-likeness (QED) is 0.467. The van der Waals surface area contributed by atoms with Crippen LogP contribution in [0.3, 0.4) is 0 Å². The van der Waals surface area contributed by atoms with Crippen molar-refractivity contribution in [1.82, 2.24) is 0 Å². The largest absolute Gasteiger partial charge is 0.411 e. The van der Waals surface area contributed by atoms with Gasteiger partial charge in [0.05, 0.1) is 0 Å². The van der Waals surface area contributed by atoms with E-state index in [0.29, 0.717) is 0 Å². The first-order valence-corrected chi connectivity index (χ1v) is 7.96. The van der Waals surface area contributed by atoms with Crippen molar-refractivity contribution in [1.29, 1.82) is 0 Å².